The van der Waals surface area contributed by atoms with E-state index in [2.05, 4.69) is 0 Å². The molecule has 1 fully saturated rings. The molecule has 1 heterocycles. The normalized spacial score (nSPS) is 17.5. The second kappa shape index (κ2) is 7.38. The maximum Gasteiger partial charge on any atom is 0.348 e. The van der Waals surface area contributed by atoms with Crippen LogP contribution in [0.3, 0.4) is 0 Å². The predicted molar refractivity (Wildman–Crippen MR) is 88.7 cm³/mol. The minimum atomic E-state index is -1.89. The molecule has 0 radical (unpaired) electrons. The van der Waals surface area contributed by atoms with Gasteiger partial charge in [0.2, 0.25) is 5.91 Å². The van der Waals surface area contributed by atoms with Crippen molar-refractivity contribution < 1.29 is 28.6 Å². The molecule has 1 amide bonds. The number of ether oxygens (including phenoxy) is 3. The first-order valence-corrected chi connectivity index (χ1v) is 7.71. The second-order valence-corrected chi connectivity index (χ2v) is 5.51. The Balaban J connectivity index is 2.52. The zero-order valence-electron chi connectivity index (χ0n) is 14.7. The molecule has 0 spiro atoms. The van der Waals surface area contributed by atoms with Crippen molar-refractivity contribution >= 4 is 17.8 Å². The molecule has 1 saturated heterocycles. The van der Waals surface area contributed by atoms with Crippen molar-refractivity contribution in [1.29, 1.82) is 0 Å². The number of esters is 2. The Kier molecular flexibility index (Phi) is 5.46. The highest BCUT2D eigenvalue weighted by molar-refractivity contribution is 6.14. The second-order valence-electron chi connectivity index (χ2n) is 5.51. The molecule has 0 N–H and O–H groups in total. The monoisotopic (exact) mass is 347 g/mol. The van der Waals surface area contributed by atoms with Crippen molar-refractivity contribution in [3.05, 3.63) is 41.5 Å². The highest BCUT2D eigenvalue weighted by atomic mass is 16.5. The number of allylic oxidation sites excluding steroid dienone is 1. The third-order valence-corrected chi connectivity index (χ3v) is 4.32. The Morgan fingerprint density at radius 1 is 1.12 bits per heavy atom. The average molecular weight is 347 g/mol. The van der Waals surface area contributed by atoms with Crippen LogP contribution in [0, 0.1) is 0 Å². The fraction of sp³-hybridized carbons (Fsp3) is 0.389. The van der Waals surface area contributed by atoms with Crippen LogP contribution in [0.2, 0.25) is 0 Å². The van der Waals surface area contributed by atoms with E-state index in [1.807, 2.05) is 0 Å². The van der Waals surface area contributed by atoms with Crippen LogP contribution in [0.1, 0.15) is 18.9 Å². The third kappa shape index (κ3) is 2.97. The molecule has 2 rings (SSSR count). The summed E-state index contributed by atoms with van der Waals surface area (Å²) in [7, 11) is 3.90. The van der Waals surface area contributed by atoms with Gasteiger partial charge in [0.15, 0.2) is 0 Å². The smallest absolute Gasteiger partial charge is 0.348 e. The van der Waals surface area contributed by atoms with Crippen LogP contribution >= 0.6 is 0 Å². The summed E-state index contributed by atoms with van der Waals surface area (Å²) in [5.74, 6) is -1.36. The fourth-order valence-electron chi connectivity index (χ4n) is 3.04. The first-order chi connectivity index (χ1) is 11.9. The van der Waals surface area contributed by atoms with Gasteiger partial charge in [-0.15, -0.1) is 0 Å². The van der Waals surface area contributed by atoms with E-state index in [1.54, 1.807) is 44.4 Å². The minimum Gasteiger partial charge on any atom is -0.497 e. The van der Waals surface area contributed by atoms with Crippen LogP contribution in [0.4, 0.5) is 0 Å². The molecule has 1 aliphatic rings. The van der Waals surface area contributed by atoms with Gasteiger partial charge in [-0.3, -0.25) is 4.79 Å². The van der Waals surface area contributed by atoms with Crippen LogP contribution in [0.5, 0.6) is 5.75 Å². The Labute approximate surface area is 146 Å². The Bertz CT molecular complexity index is 691. The molecule has 134 valence electrons. The van der Waals surface area contributed by atoms with E-state index >= 15 is 0 Å². The van der Waals surface area contributed by atoms with Crippen LogP contribution in [-0.2, 0) is 30.4 Å². The zero-order valence-corrected chi connectivity index (χ0v) is 14.7. The number of carbonyl (C=O) groups is 3. The topological polar surface area (TPSA) is 82.1 Å². The number of nitrogens with zero attached hydrogens (tertiary/aromatic N) is 1. The summed E-state index contributed by atoms with van der Waals surface area (Å²) < 4.78 is 14.8. The molecule has 0 unspecified atom stereocenters. The van der Waals surface area contributed by atoms with Gasteiger partial charge >= 0.3 is 11.9 Å². The summed E-state index contributed by atoms with van der Waals surface area (Å²) in [4.78, 5) is 38.9. The van der Waals surface area contributed by atoms with Gasteiger partial charge in [0.25, 0.3) is 5.54 Å². The van der Waals surface area contributed by atoms with Gasteiger partial charge in [-0.1, -0.05) is 18.2 Å². The summed E-state index contributed by atoms with van der Waals surface area (Å²) in [5.41, 5.74) is -0.802. The predicted octanol–water partition coefficient (Wildman–Crippen LogP) is 1.46. The average Bonchev–Trinajstić information content (AvgIpc) is 2.93. The summed E-state index contributed by atoms with van der Waals surface area (Å²) in [6.07, 6.45) is 1.54. The molecule has 1 aromatic carbocycles. The summed E-state index contributed by atoms with van der Waals surface area (Å²) in [5, 5.41) is 0. The molecule has 1 aliphatic heterocycles. The van der Waals surface area contributed by atoms with E-state index in [1.165, 1.54) is 19.1 Å². The van der Waals surface area contributed by atoms with E-state index < -0.39 is 17.5 Å². The molecule has 0 saturated carbocycles. The lowest BCUT2D eigenvalue weighted by molar-refractivity contribution is -0.170. The number of amides is 1. The standard InChI is InChI=1S/C18H21NO6/c1-5-13-10-15(20)19(11-12-6-8-14(23-2)9-7-12)18(13,16(21)24-3)17(22)25-4/h5-9H,10-11H2,1-4H3/b13-5+. The third-order valence-electron chi connectivity index (χ3n) is 4.32. The van der Waals surface area contributed by atoms with Crippen molar-refractivity contribution in [3.63, 3.8) is 0 Å². The van der Waals surface area contributed by atoms with Gasteiger partial charge in [-0.2, -0.15) is 0 Å². The highest BCUT2D eigenvalue weighted by Crippen LogP contribution is 2.39. The molecular weight excluding hydrogens is 326 g/mol. The molecule has 1 aromatic rings. The van der Waals surface area contributed by atoms with Gasteiger partial charge < -0.3 is 19.1 Å². The van der Waals surface area contributed by atoms with Gasteiger partial charge in [0.1, 0.15) is 5.75 Å². The maximum atomic E-state index is 12.6. The van der Waals surface area contributed by atoms with Crippen LogP contribution < -0.4 is 4.74 Å². The molecule has 0 atom stereocenters. The molecule has 0 aromatic heterocycles. The minimum absolute atomic E-state index is 0.0448. The lowest BCUT2D eigenvalue weighted by Gasteiger charge is -2.34. The molecular formula is C18H21NO6. The van der Waals surface area contributed by atoms with Crippen LogP contribution in [0.25, 0.3) is 0 Å². The van der Waals surface area contributed by atoms with E-state index in [-0.39, 0.29) is 18.9 Å². The van der Waals surface area contributed by atoms with Crippen molar-refractivity contribution in [1.82, 2.24) is 4.90 Å². The highest BCUT2D eigenvalue weighted by Gasteiger charge is 2.62. The molecule has 0 bridgehead atoms. The van der Waals surface area contributed by atoms with E-state index in [9.17, 15) is 14.4 Å². The first kappa shape index (κ1) is 18.5. The van der Waals surface area contributed by atoms with Crippen LogP contribution in [0.15, 0.2) is 35.9 Å². The van der Waals surface area contributed by atoms with Crippen molar-refractivity contribution in [2.75, 3.05) is 21.3 Å². The Morgan fingerprint density at radius 2 is 1.68 bits per heavy atom. The van der Waals surface area contributed by atoms with Crippen molar-refractivity contribution in [2.45, 2.75) is 25.4 Å². The lowest BCUT2D eigenvalue weighted by Crippen LogP contribution is -2.59. The lowest BCUT2D eigenvalue weighted by atomic mass is 9.89. The van der Waals surface area contributed by atoms with Gasteiger partial charge in [-0.05, 0) is 30.2 Å². The number of hydrogen-bond donors (Lipinski definition) is 0. The fourth-order valence-corrected chi connectivity index (χ4v) is 3.04. The van der Waals surface area contributed by atoms with Crippen molar-refractivity contribution in [2.24, 2.45) is 0 Å². The Morgan fingerprint density at radius 3 is 2.12 bits per heavy atom. The maximum absolute atomic E-state index is 12.6. The quantitative estimate of drug-likeness (QED) is 0.456. The van der Waals surface area contributed by atoms with Crippen molar-refractivity contribution in [3.8, 4) is 5.75 Å². The molecule has 7 nitrogen and oxygen atoms in total. The summed E-state index contributed by atoms with van der Waals surface area (Å²) in [6, 6.07) is 7.01. The van der Waals surface area contributed by atoms with E-state index in [0.29, 0.717) is 11.3 Å². The first-order valence-electron chi connectivity index (χ1n) is 7.71. The number of benzene rings is 1. The largest absolute Gasteiger partial charge is 0.497 e. The van der Waals surface area contributed by atoms with Gasteiger partial charge in [0, 0.05) is 6.54 Å². The Hall–Kier alpha value is -2.83. The summed E-state index contributed by atoms with van der Waals surface area (Å²) >= 11 is 0. The molecule has 7 heteroatoms. The van der Waals surface area contributed by atoms with Gasteiger partial charge in [0.05, 0.1) is 27.8 Å². The molecule has 0 aliphatic carbocycles. The van der Waals surface area contributed by atoms with Gasteiger partial charge in [-0.25, -0.2) is 9.59 Å². The molecule has 25 heavy (non-hydrogen) atoms. The number of rotatable bonds is 5. The SMILES string of the molecule is C/C=C1\CC(=O)N(Cc2ccc(OC)cc2)C1(C(=O)OC)C(=O)OC. The summed E-state index contributed by atoms with van der Waals surface area (Å²) in [6.45, 7) is 1.73. The van der Waals surface area contributed by atoms with Crippen LogP contribution in [-0.4, -0.2) is 49.6 Å². The number of hydrogen-bond acceptors (Lipinski definition) is 6. The number of carbonyl (C=O) groups excluding carboxylic acids is 3. The number of methoxy groups -OCH3 is 3. The zero-order chi connectivity index (χ0) is 18.6. The van der Waals surface area contributed by atoms with E-state index in [0.717, 1.165) is 5.56 Å². The number of likely N-dealkylation sites (tertiary alicyclic amines) is 1. The van der Waals surface area contributed by atoms with E-state index in [4.69, 9.17) is 14.2 Å².